The number of aromatic nitrogens is 1. The maximum Gasteiger partial charge on any atom is 0.289 e. The number of benzene rings is 1. The van der Waals surface area contributed by atoms with Gasteiger partial charge < -0.3 is 19.2 Å². The SMILES string of the molecule is Cc1[nH]c2ccccc2c1C1(C(=O)N2CCN(C(=O)c3ccco3)CC2)CC1. The third-order valence-electron chi connectivity index (χ3n) is 6.12. The molecule has 0 radical (unpaired) electrons. The van der Waals surface area contributed by atoms with E-state index in [1.165, 1.54) is 6.26 Å². The minimum atomic E-state index is -0.406. The zero-order chi connectivity index (χ0) is 19.3. The quantitative estimate of drug-likeness (QED) is 0.763. The van der Waals surface area contributed by atoms with Crippen LogP contribution in [0.3, 0.4) is 0 Å². The number of piperazine rings is 1. The van der Waals surface area contributed by atoms with Gasteiger partial charge in [0.15, 0.2) is 5.76 Å². The van der Waals surface area contributed by atoms with Crippen molar-refractivity contribution in [2.24, 2.45) is 0 Å². The van der Waals surface area contributed by atoms with E-state index in [1.54, 1.807) is 17.0 Å². The van der Waals surface area contributed by atoms with Crippen molar-refractivity contribution < 1.29 is 14.0 Å². The zero-order valence-electron chi connectivity index (χ0n) is 15.9. The third kappa shape index (κ3) is 2.55. The van der Waals surface area contributed by atoms with Crippen molar-refractivity contribution in [2.45, 2.75) is 25.2 Å². The Morgan fingerprint density at radius 1 is 1.00 bits per heavy atom. The van der Waals surface area contributed by atoms with Gasteiger partial charge in [-0.2, -0.15) is 0 Å². The van der Waals surface area contributed by atoms with Crippen LogP contribution in [0.25, 0.3) is 10.9 Å². The van der Waals surface area contributed by atoms with Crippen molar-refractivity contribution in [1.29, 1.82) is 0 Å². The molecule has 5 rings (SSSR count). The summed E-state index contributed by atoms with van der Waals surface area (Å²) in [5.74, 6) is 0.448. The number of fused-ring (bicyclic) bond motifs is 1. The fourth-order valence-electron chi connectivity index (χ4n) is 4.56. The Hall–Kier alpha value is -3.02. The van der Waals surface area contributed by atoms with Crippen molar-refractivity contribution in [3.63, 3.8) is 0 Å². The molecule has 1 aromatic carbocycles. The molecular formula is C22H23N3O3. The van der Waals surface area contributed by atoms with E-state index in [2.05, 4.69) is 24.0 Å². The van der Waals surface area contributed by atoms with E-state index in [-0.39, 0.29) is 11.8 Å². The largest absolute Gasteiger partial charge is 0.459 e. The molecule has 6 nitrogen and oxygen atoms in total. The molecular weight excluding hydrogens is 354 g/mol. The van der Waals surface area contributed by atoms with Gasteiger partial charge in [-0.05, 0) is 43.5 Å². The number of H-pyrrole nitrogens is 1. The predicted octanol–water partition coefficient (Wildman–Crippen LogP) is 3.09. The Morgan fingerprint density at radius 3 is 2.39 bits per heavy atom. The summed E-state index contributed by atoms with van der Waals surface area (Å²) >= 11 is 0. The molecule has 1 aliphatic carbocycles. The molecule has 3 heterocycles. The first-order chi connectivity index (χ1) is 13.6. The van der Waals surface area contributed by atoms with Crippen molar-refractivity contribution in [3.05, 3.63) is 59.7 Å². The molecule has 2 fully saturated rings. The number of aromatic amines is 1. The number of amides is 2. The van der Waals surface area contributed by atoms with Gasteiger partial charge in [0.25, 0.3) is 5.91 Å². The van der Waals surface area contributed by atoms with Crippen LogP contribution in [-0.4, -0.2) is 52.8 Å². The van der Waals surface area contributed by atoms with Crippen molar-refractivity contribution in [2.75, 3.05) is 26.2 Å². The number of hydrogen-bond donors (Lipinski definition) is 1. The Balaban J connectivity index is 1.35. The van der Waals surface area contributed by atoms with E-state index in [9.17, 15) is 9.59 Å². The second-order valence-corrected chi connectivity index (χ2v) is 7.81. The summed E-state index contributed by atoms with van der Waals surface area (Å²) in [5, 5.41) is 1.15. The smallest absolute Gasteiger partial charge is 0.289 e. The number of nitrogens with zero attached hydrogens (tertiary/aromatic N) is 2. The Labute approximate surface area is 163 Å². The van der Waals surface area contributed by atoms with Crippen LogP contribution in [0.15, 0.2) is 47.1 Å². The molecule has 0 spiro atoms. The van der Waals surface area contributed by atoms with Gasteiger partial charge in [0.2, 0.25) is 5.91 Å². The van der Waals surface area contributed by atoms with Crippen LogP contribution in [0.4, 0.5) is 0 Å². The summed E-state index contributed by atoms with van der Waals surface area (Å²) in [4.78, 5) is 33.0. The van der Waals surface area contributed by atoms with E-state index in [0.717, 1.165) is 35.0 Å². The number of carbonyl (C=O) groups is 2. The Bertz CT molecular complexity index is 1040. The Kier molecular flexibility index (Phi) is 3.82. The molecule has 1 saturated heterocycles. The second kappa shape index (κ2) is 6.26. The highest BCUT2D eigenvalue weighted by Gasteiger charge is 2.55. The second-order valence-electron chi connectivity index (χ2n) is 7.81. The first-order valence-corrected chi connectivity index (χ1v) is 9.80. The predicted molar refractivity (Wildman–Crippen MR) is 105 cm³/mol. The van der Waals surface area contributed by atoms with Crippen LogP contribution in [0.5, 0.6) is 0 Å². The van der Waals surface area contributed by atoms with Crippen LogP contribution in [0.1, 0.15) is 34.7 Å². The summed E-state index contributed by atoms with van der Waals surface area (Å²) in [6.07, 6.45) is 3.29. The first kappa shape index (κ1) is 17.1. The number of nitrogens with one attached hydrogen (secondary N) is 1. The number of hydrogen-bond acceptors (Lipinski definition) is 3. The van der Waals surface area contributed by atoms with E-state index >= 15 is 0 Å². The fourth-order valence-corrected chi connectivity index (χ4v) is 4.56. The maximum atomic E-state index is 13.5. The molecule has 1 N–H and O–H groups in total. The molecule has 28 heavy (non-hydrogen) atoms. The van der Waals surface area contributed by atoms with Gasteiger partial charge in [-0.25, -0.2) is 0 Å². The maximum absolute atomic E-state index is 13.5. The first-order valence-electron chi connectivity index (χ1n) is 9.80. The average molecular weight is 377 g/mol. The number of carbonyl (C=O) groups excluding carboxylic acids is 2. The van der Waals surface area contributed by atoms with Crippen LogP contribution < -0.4 is 0 Å². The minimum Gasteiger partial charge on any atom is -0.459 e. The molecule has 1 aliphatic heterocycles. The van der Waals surface area contributed by atoms with Gasteiger partial charge in [0.1, 0.15) is 0 Å². The van der Waals surface area contributed by atoms with E-state index in [0.29, 0.717) is 31.9 Å². The third-order valence-corrected chi connectivity index (χ3v) is 6.12. The van der Waals surface area contributed by atoms with Crippen LogP contribution in [0, 0.1) is 6.92 Å². The standard InChI is InChI=1S/C22H23N3O3/c1-15-19(16-5-2-3-6-17(16)23-15)22(8-9-22)21(27)25-12-10-24(11-13-25)20(26)18-7-4-14-28-18/h2-7,14,23H,8-13H2,1H3. The average Bonchev–Trinajstić information content (AvgIpc) is 3.17. The number of para-hydroxylation sites is 1. The van der Waals surface area contributed by atoms with Crippen LogP contribution in [0.2, 0.25) is 0 Å². The van der Waals surface area contributed by atoms with E-state index < -0.39 is 5.41 Å². The highest BCUT2D eigenvalue weighted by molar-refractivity contribution is 5.98. The lowest BCUT2D eigenvalue weighted by Crippen LogP contribution is -2.53. The summed E-state index contributed by atoms with van der Waals surface area (Å²) < 4.78 is 5.21. The number of rotatable bonds is 3. The summed E-state index contributed by atoms with van der Waals surface area (Å²) in [6, 6.07) is 11.6. The molecule has 1 saturated carbocycles. The molecule has 2 aliphatic rings. The van der Waals surface area contributed by atoms with Gasteiger partial charge in [0.05, 0.1) is 11.7 Å². The van der Waals surface area contributed by atoms with Gasteiger partial charge in [0, 0.05) is 42.8 Å². The molecule has 0 bridgehead atoms. The normalized spacial score (nSPS) is 18.5. The summed E-state index contributed by atoms with van der Waals surface area (Å²) in [5.41, 5.74) is 2.92. The lowest BCUT2D eigenvalue weighted by Gasteiger charge is -2.36. The Morgan fingerprint density at radius 2 is 1.71 bits per heavy atom. The van der Waals surface area contributed by atoms with Gasteiger partial charge in [-0.3, -0.25) is 9.59 Å². The van der Waals surface area contributed by atoms with E-state index in [4.69, 9.17) is 4.42 Å². The molecule has 2 aromatic heterocycles. The van der Waals surface area contributed by atoms with Crippen molar-refractivity contribution >= 4 is 22.7 Å². The highest BCUT2D eigenvalue weighted by atomic mass is 16.3. The van der Waals surface area contributed by atoms with Gasteiger partial charge in [-0.1, -0.05) is 18.2 Å². The lowest BCUT2D eigenvalue weighted by atomic mass is 9.91. The van der Waals surface area contributed by atoms with E-state index in [1.807, 2.05) is 17.0 Å². The molecule has 0 atom stereocenters. The van der Waals surface area contributed by atoms with Crippen molar-refractivity contribution in [3.8, 4) is 0 Å². The van der Waals surface area contributed by atoms with Gasteiger partial charge in [-0.15, -0.1) is 0 Å². The molecule has 144 valence electrons. The molecule has 6 heteroatoms. The number of aryl methyl sites for hydroxylation is 1. The lowest BCUT2D eigenvalue weighted by molar-refractivity contribution is -0.135. The van der Waals surface area contributed by atoms with Crippen molar-refractivity contribution in [1.82, 2.24) is 14.8 Å². The molecule has 2 amide bonds. The minimum absolute atomic E-state index is 0.106. The van der Waals surface area contributed by atoms with Gasteiger partial charge >= 0.3 is 0 Å². The fraction of sp³-hybridized carbons (Fsp3) is 0.364. The molecule has 3 aromatic rings. The number of furan rings is 1. The topological polar surface area (TPSA) is 69.6 Å². The summed E-state index contributed by atoms with van der Waals surface area (Å²) in [7, 11) is 0. The van der Waals surface area contributed by atoms with Crippen LogP contribution >= 0.6 is 0 Å². The highest BCUT2D eigenvalue weighted by Crippen LogP contribution is 2.53. The van der Waals surface area contributed by atoms with Crippen LogP contribution in [-0.2, 0) is 10.2 Å². The summed E-state index contributed by atoms with van der Waals surface area (Å²) in [6.45, 7) is 4.26. The molecule has 0 unspecified atom stereocenters. The zero-order valence-corrected chi connectivity index (χ0v) is 15.9. The monoisotopic (exact) mass is 377 g/mol.